The highest BCUT2D eigenvalue weighted by atomic mass is 35.5. The van der Waals surface area contributed by atoms with Crippen LogP contribution in [0.4, 0.5) is 54.3 Å². The standard InChI is InChI=1S/C26H24ClFN4O5.C25H22ClFN4O5/c1-37-23-14(24(35)32-12-9-26(10-13-32)8-11-29-25(26)36)4-2-7-17(23)31-20-19(21(33)22(20)34)30-16-6-3-5-15(28)18(16)27;26-17-14(27)4-2-5-15(17)29-18-19(22(34)21(18)33)30-16-6-1-3-13(20(16)32)23(35)31-11-8-25(9-12-31)7-10-28-24(25)36/h2-7,30-31H,8-13H2,1H3,(H,29,36);1-6,29-30,32H,7-12H2,(H,28,36). The van der Waals surface area contributed by atoms with Crippen LogP contribution in [0.2, 0.25) is 10.0 Å². The number of nitrogens with one attached hydrogen (secondary N) is 6. The van der Waals surface area contributed by atoms with E-state index in [0.717, 1.165) is 18.9 Å². The van der Waals surface area contributed by atoms with Crippen molar-refractivity contribution in [1.82, 2.24) is 20.4 Å². The van der Waals surface area contributed by atoms with E-state index >= 15 is 0 Å². The molecule has 6 aromatic carbocycles. The van der Waals surface area contributed by atoms with Crippen molar-refractivity contribution in [2.75, 3.05) is 67.6 Å². The number of piperidine rings is 2. The zero-order valence-corrected chi connectivity index (χ0v) is 40.5. The Morgan fingerprint density at radius 3 is 1.32 bits per heavy atom. The van der Waals surface area contributed by atoms with E-state index < -0.39 is 50.1 Å². The lowest BCUT2D eigenvalue weighted by molar-refractivity contribution is -0.130. The lowest BCUT2D eigenvalue weighted by Gasteiger charge is -2.37. The van der Waals surface area contributed by atoms with Gasteiger partial charge in [0.05, 0.1) is 61.9 Å². The van der Waals surface area contributed by atoms with E-state index in [9.17, 15) is 52.2 Å². The first-order valence-corrected chi connectivity index (χ1v) is 24.0. The minimum Gasteiger partial charge on any atom is -0.505 e. The summed E-state index contributed by atoms with van der Waals surface area (Å²) in [6.07, 6.45) is 3.79. The van der Waals surface area contributed by atoms with Crippen LogP contribution in [0, 0.1) is 22.5 Å². The molecule has 0 saturated carbocycles. The normalized spacial score (nSPS) is 16.7. The van der Waals surface area contributed by atoms with Crippen molar-refractivity contribution < 1.29 is 37.8 Å². The third-order valence-corrected chi connectivity index (χ3v) is 15.0. The molecule has 0 atom stereocenters. The molecule has 4 amide bonds. The van der Waals surface area contributed by atoms with Gasteiger partial charge in [0.15, 0.2) is 11.5 Å². The van der Waals surface area contributed by atoms with Gasteiger partial charge in [-0.25, -0.2) is 8.78 Å². The fourth-order valence-electron chi connectivity index (χ4n) is 9.84. The van der Waals surface area contributed by atoms with Crippen molar-refractivity contribution in [1.29, 1.82) is 0 Å². The van der Waals surface area contributed by atoms with Crippen LogP contribution >= 0.6 is 23.2 Å². The molecule has 7 N–H and O–H groups in total. The monoisotopic (exact) mass is 1040 g/mol. The predicted octanol–water partition coefficient (Wildman–Crippen LogP) is 6.32. The Kier molecular flexibility index (Phi) is 13.7. The first-order chi connectivity index (χ1) is 35.0. The molecule has 4 fully saturated rings. The number of rotatable bonds is 11. The van der Waals surface area contributed by atoms with Gasteiger partial charge in [-0.05, 0) is 87.1 Å². The number of likely N-dealkylation sites (tertiary alicyclic amines) is 2. The van der Waals surface area contributed by atoms with Crippen LogP contribution < -0.4 is 58.4 Å². The second-order valence-electron chi connectivity index (χ2n) is 18.3. The maximum absolute atomic E-state index is 13.8. The molecular formula is C51H46Cl2F2N8O10. The quantitative estimate of drug-likeness (QED) is 0.0555. The summed E-state index contributed by atoms with van der Waals surface area (Å²) in [4.78, 5) is 103. The number of nitrogens with zero attached hydrogens (tertiary/aromatic N) is 2. The predicted molar refractivity (Wildman–Crippen MR) is 270 cm³/mol. The first kappa shape index (κ1) is 50.1. The molecule has 4 heterocycles. The third kappa shape index (κ3) is 9.20. The van der Waals surface area contributed by atoms with E-state index in [1.807, 2.05) is 0 Å². The van der Waals surface area contributed by atoms with Crippen LogP contribution in [0.15, 0.2) is 92.0 Å². The molecule has 6 aromatic rings. The molecule has 378 valence electrons. The molecule has 0 radical (unpaired) electrons. The van der Waals surface area contributed by atoms with Gasteiger partial charge in [0, 0.05) is 39.3 Å². The molecule has 18 nitrogen and oxygen atoms in total. The van der Waals surface area contributed by atoms with Crippen LogP contribution in [0.5, 0.6) is 11.5 Å². The van der Waals surface area contributed by atoms with Gasteiger partial charge >= 0.3 is 0 Å². The molecule has 73 heavy (non-hydrogen) atoms. The molecule has 22 heteroatoms. The number of para-hydroxylation sites is 2. The van der Waals surface area contributed by atoms with E-state index in [0.29, 0.717) is 70.6 Å². The fraction of sp³-hybridized carbons (Fsp3) is 0.294. The summed E-state index contributed by atoms with van der Waals surface area (Å²) in [5.41, 5.74) is -3.60. The summed E-state index contributed by atoms with van der Waals surface area (Å²) in [5.74, 6) is -2.14. The number of ether oxygens (including phenoxy) is 1. The largest absolute Gasteiger partial charge is 0.505 e. The summed E-state index contributed by atoms with van der Waals surface area (Å²) in [5, 5.41) is 27.1. The Hall–Kier alpha value is -7.84. The Bertz CT molecular complexity index is 3370. The molecule has 4 aliphatic heterocycles. The second kappa shape index (κ2) is 20.0. The minimum absolute atomic E-state index is 0.0215. The number of phenolic OH excluding ortho intramolecular Hbond substituents is 1. The van der Waals surface area contributed by atoms with Crippen molar-refractivity contribution in [2.45, 2.75) is 38.5 Å². The van der Waals surface area contributed by atoms with E-state index in [4.69, 9.17) is 27.9 Å². The molecule has 0 aromatic heterocycles. The van der Waals surface area contributed by atoms with Crippen molar-refractivity contribution in [3.05, 3.63) is 146 Å². The highest BCUT2D eigenvalue weighted by Crippen LogP contribution is 2.42. The molecule has 0 aliphatic carbocycles. The number of hydrogen-bond acceptors (Lipinski definition) is 14. The van der Waals surface area contributed by atoms with Gasteiger partial charge in [-0.15, -0.1) is 0 Å². The van der Waals surface area contributed by atoms with Gasteiger partial charge in [0.1, 0.15) is 34.4 Å². The molecule has 0 unspecified atom stereocenters. The number of carbonyl (C=O) groups excluding carboxylic acids is 4. The zero-order valence-electron chi connectivity index (χ0n) is 38.9. The maximum Gasteiger partial charge on any atom is 0.257 e. The van der Waals surface area contributed by atoms with Gasteiger partial charge in [-0.1, -0.05) is 47.5 Å². The van der Waals surface area contributed by atoms with Gasteiger partial charge in [-0.2, -0.15) is 0 Å². The van der Waals surface area contributed by atoms with Crippen molar-refractivity contribution in [2.24, 2.45) is 10.8 Å². The first-order valence-electron chi connectivity index (χ1n) is 23.2. The molecule has 4 aliphatic rings. The summed E-state index contributed by atoms with van der Waals surface area (Å²) in [6.45, 7) is 2.93. The van der Waals surface area contributed by atoms with Crippen LogP contribution in [-0.2, 0) is 9.59 Å². The second-order valence-corrected chi connectivity index (χ2v) is 19.0. The number of anilines is 8. The van der Waals surface area contributed by atoms with E-state index in [1.54, 1.807) is 28.0 Å². The van der Waals surface area contributed by atoms with E-state index in [-0.39, 0.29) is 90.2 Å². The lowest BCUT2D eigenvalue weighted by Crippen LogP contribution is -2.46. The Morgan fingerprint density at radius 1 is 0.548 bits per heavy atom. The zero-order chi connectivity index (χ0) is 51.9. The summed E-state index contributed by atoms with van der Waals surface area (Å²) in [6, 6.07) is 17.4. The lowest BCUT2D eigenvalue weighted by atomic mass is 9.77. The number of hydrogen-bond donors (Lipinski definition) is 7. The Labute approximate surface area is 424 Å². The summed E-state index contributed by atoms with van der Waals surface area (Å²) < 4.78 is 33.1. The topological polar surface area (TPSA) is 245 Å². The van der Waals surface area contributed by atoms with Gasteiger partial charge in [-0.3, -0.25) is 38.4 Å². The number of aromatic hydroxyl groups is 1. The van der Waals surface area contributed by atoms with Gasteiger partial charge in [0.2, 0.25) is 11.8 Å². The molecule has 0 bridgehead atoms. The SMILES string of the molecule is COc1c(Nc2c(Nc3cccc(F)c3Cl)c(=O)c2=O)cccc1C(=O)N1CCC2(CCNC2=O)CC1.O=C(c1cccc(Nc2c(Nc3cccc(F)c3Cl)c(=O)c2=O)c1O)N1CCC2(CCNC2=O)CC1. The highest BCUT2D eigenvalue weighted by molar-refractivity contribution is 6.34. The number of benzene rings is 4. The minimum atomic E-state index is -0.836. The fourth-order valence-corrected chi connectivity index (χ4v) is 10.2. The van der Waals surface area contributed by atoms with Crippen molar-refractivity contribution in [3.8, 4) is 11.5 Å². The van der Waals surface area contributed by atoms with Crippen LogP contribution in [0.3, 0.4) is 0 Å². The van der Waals surface area contributed by atoms with Gasteiger partial charge < -0.3 is 51.5 Å². The molecule has 4 saturated heterocycles. The summed E-state index contributed by atoms with van der Waals surface area (Å²) >= 11 is 11.9. The number of methoxy groups -OCH3 is 1. The Morgan fingerprint density at radius 2 is 0.904 bits per heavy atom. The van der Waals surface area contributed by atoms with Gasteiger partial charge in [0.25, 0.3) is 33.5 Å². The molecule has 2 spiro atoms. The number of halogens is 4. The third-order valence-electron chi connectivity index (χ3n) is 14.2. The van der Waals surface area contributed by atoms with Crippen LogP contribution in [0.25, 0.3) is 0 Å². The van der Waals surface area contributed by atoms with Crippen molar-refractivity contribution >= 4 is 92.3 Å². The Balaban J connectivity index is 0.000000180. The highest BCUT2D eigenvalue weighted by Gasteiger charge is 2.46. The summed E-state index contributed by atoms with van der Waals surface area (Å²) in [7, 11) is 1.40. The molecular weight excluding hydrogens is 994 g/mol. The average Bonchev–Trinajstić information content (AvgIpc) is 3.94. The smallest absolute Gasteiger partial charge is 0.257 e. The number of carbonyl (C=O) groups is 4. The maximum atomic E-state index is 13.8. The van der Waals surface area contributed by atoms with E-state index in [1.165, 1.54) is 55.6 Å². The van der Waals surface area contributed by atoms with Crippen molar-refractivity contribution in [3.63, 3.8) is 0 Å². The van der Waals surface area contributed by atoms with E-state index in [2.05, 4.69) is 31.9 Å². The van der Waals surface area contributed by atoms with Crippen LogP contribution in [-0.4, -0.2) is 84.9 Å². The average molecular weight is 1040 g/mol. The number of phenols is 1. The molecule has 10 rings (SSSR count). The van der Waals surface area contributed by atoms with Crippen LogP contribution in [0.1, 0.15) is 59.2 Å². The number of amides is 4.